The highest BCUT2D eigenvalue weighted by atomic mass is 32.1. The van der Waals surface area contributed by atoms with Crippen LogP contribution in [0.2, 0.25) is 0 Å². The van der Waals surface area contributed by atoms with E-state index in [1.165, 1.54) is 11.3 Å². The Bertz CT molecular complexity index is 1130. The van der Waals surface area contributed by atoms with E-state index in [0.29, 0.717) is 41.1 Å². The third-order valence-corrected chi connectivity index (χ3v) is 5.05. The van der Waals surface area contributed by atoms with Gasteiger partial charge in [-0.05, 0) is 37.4 Å². The quantitative estimate of drug-likeness (QED) is 0.382. The highest BCUT2D eigenvalue weighted by Crippen LogP contribution is 2.28. The summed E-state index contributed by atoms with van der Waals surface area (Å²) in [6.45, 7) is 4.07. The van der Waals surface area contributed by atoms with Crippen LogP contribution in [0.4, 0.5) is 0 Å². The van der Waals surface area contributed by atoms with E-state index in [9.17, 15) is 4.79 Å². The second kappa shape index (κ2) is 8.91. The summed E-state index contributed by atoms with van der Waals surface area (Å²) in [4.78, 5) is 21.8. The maximum absolute atomic E-state index is 12.2. The first kappa shape index (κ1) is 19.8. The maximum Gasteiger partial charge on any atom is 0.312 e. The Morgan fingerprint density at radius 2 is 2.03 bits per heavy atom. The van der Waals surface area contributed by atoms with Gasteiger partial charge in [0.05, 0.1) is 29.2 Å². The number of nitrogens with zero attached hydrogens (tertiary/aromatic N) is 3. The van der Waals surface area contributed by atoms with Crippen molar-refractivity contribution in [2.24, 2.45) is 0 Å². The topological polar surface area (TPSA) is 100 Å². The Hall–Kier alpha value is -3.46. The molecular formula is C21H19N3O5S. The summed E-state index contributed by atoms with van der Waals surface area (Å²) in [7, 11) is 0. The molecule has 3 heterocycles. The van der Waals surface area contributed by atoms with Gasteiger partial charge in [0.2, 0.25) is 11.7 Å². The fourth-order valence-corrected chi connectivity index (χ4v) is 3.43. The first-order valence-corrected chi connectivity index (χ1v) is 10.2. The predicted octanol–water partition coefficient (Wildman–Crippen LogP) is 4.45. The molecule has 0 amide bonds. The van der Waals surface area contributed by atoms with Crippen LogP contribution in [0.1, 0.15) is 24.3 Å². The lowest BCUT2D eigenvalue weighted by Crippen LogP contribution is -2.09. The Morgan fingerprint density at radius 1 is 1.17 bits per heavy atom. The highest BCUT2D eigenvalue weighted by Gasteiger charge is 2.18. The lowest BCUT2D eigenvalue weighted by atomic mass is 10.2. The van der Waals surface area contributed by atoms with E-state index in [0.717, 1.165) is 4.88 Å². The third-order valence-electron chi connectivity index (χ3n) is 4.19. The standard InChI is InChI=1S/C21H19N3O5S/c1-3-26-16-8-5-4-7-14(16)20-23-18(29-24-20)12-27-19(25)11-15-13(2)28-21(22-15)17-9-6-10-30-17/h4-10H,3,11-12H2,1-2H3. The number of carbonyl (C=O) groups is 1. The Labute approximate surface area is 176 Å². The fraction of sp³-hybridized carbons (Fsp3) is 0.238. The predicted molar refractivity (Wildman–Crippen MR) is 109 cm³/mol. The second-order valence-electron chi connectivity index (χ2n) is 6.28. The zero-order valence-electron chi connectivity index (χ0n) is 16.5. The summed E-state index contributed by atoms with van der Waals surface area (Å²) < 4.78 is 21.7. The van der Waals surface area contributed by atoms with Crippen LogP contribution in [0.3, 0.4) is 0 Å². The molecule has 30 heavy (non-hydrogen) atoms. The number of para-hydroxylation sites is 1. The number of rotatable bonds is 8. The van der Waals surface area contributed by atoms with E-state index >= 15 is 0 Å². The fourth-order valence-electron chi connectivity index (χ4n) is 2.78. The van der Waals surface area contributed by atoms with E-state index in [1.807, 2.05) is 48.7 Å². The lowest BCUT2D eigenvalue weighted by Gasteiger charge is -2.06. The molecule has 0 fully saturated rings. The Morgan fingerprint density at radius 3 is 2.83 bits per heavy atom. The van der Waals surface area contributed by atoms with Crippen molar-refractivity contribution in [2.75, 3.05) is 6.61 Å². The van der Waals surface area contributed by atoms with Gasteiger partial charge in [-0.2, -0.15) is 4.98 Å². The number of ether oxygens (including phenoxy) is 2. The molecule has 4 aromatic rings. The van der Waals surface area contributed by atoms with Gasteiger partial charge in [0, 0.05) is 0 Å². The van der Waals surface area contributed by atoms with Crippen molar-refractivity contribution < 1.29 is 23.2 Å². The molecule has 4 rings (SSSR count). The van der Waals surface area contributed by atoms with E-state index < -0.39 is 5.97 Å². The maximum atomic E-state index is 12.2. The molecule has 0 N–H and O–H groups in total. The number of esters is 1. The van der Waals surface area contributed by atoms with Gasteiger partial charge in [-0.15, -0.1) is 11.3 Å². The second-order valence-corrected chi connectivity index (χ2v) is 7.23. The minimum Gasteiger partial charge on any atom is -0.493 e. The van der Waals surface area contributed by atoms with Crippen molar-refractivity contribution in [3.05, 3.63) is 59.1 Å². The average Bonchev–Trinajstić information content (AvgIpc) is 3.49. The Balaban J connectivity index is 1.37. The molecule has 0 saturated carbocycles. The SMILES string of the molecule is CCOc1ccccc1-c1noc(COC(=O)Cc2nc(-c3cccs3)oc2C)n1. The molecule has 154 valence electrons. The molecule has 0 bridgehead atoms. The Kier molecular flexibility index (Phi) is 5.89. The van der Waals surface area contributed by atoms with Crippen molar-refractivity contribution in [2.45, 2.75) is 26.9 Å². The zero-order chi connectivity index (χ0) is 20.9. The van der Waals surface area contributed by atoms with Crippen LogP contribution >= 0.6 is 11.3 Å². The minimum absolute atomic E-state index is 0.00508. The minimum atomic E-state index is -0.460. The van der Waals surface area contributed by atoms with Gasteiger partial charge >= 0.3 is 5.97 Å². The van der Waals surface area contributed by atoms with Crippen molar-refractivity contribution in [1.82, 2.24) is 15.1 Å². The van der Waals surface area contributed by atoms with Gasteiger partial charge in [-0.3, -0.25) is 4.79 Å². The number of aromatic nitrogens is 3. The molecule has 0 unspecified atom stereocenters. The summed E-state index contributed by atoms with van der Waals surface area (Å²) >= 11 is 1.52. The van der Waals surface area contributed by atoms with Gasteiger partial charge in [0.1, 0.15) is 11.5 Å². The molecular weight excluding hydrogens is 406 g/mol. The summed E-state index contributed by atoms with van der Waals surface area (Å²) in [6, 6.07) is 11.2. The molecule has 0 aliphatic rings. The molecule has 9 heteroatoms. The van der Waals surface area contributed by atoms with Crippen LogP contribution in [0, 0.1) is 6.92 Å². The monoisotopic (exact) mass is 425 g/mol. The highest BCUT2D eigenvalue weighted by molar-refractivity contribution is 7.13. The summed E-state index contributed by atoms with van der Waals surface area (Å²) in [6.07, 6.45) is -0.00508. The first-order chi connectivity index (χ1) is 14.6. The largest absolute Gasteiger partial charge is 0.493 e. The van der Waals surface area contributed by atoms with E-state index in [-0.39, 0.29) is 18.9 Å². The number of oxazole rings is 1. The number of carbonyl (C=O) groups excluding carboxylic acids is 1. The van der Waals surface area contributed by atoms with Crippen LogP contribution in [0.5, 0.6) is 5.75 Å². The number of aryl methyl sites for hydroxylation is 1. The number of hydrogen-bond donors (Lipinski definition) is 0. The number of thiophene rings is 1. The molecule has 3 aromatic heterocycles. The van der Waals surface area contributed by atoms with Crippen LogP contribution in [0.15, 0.2) is 50.7 Å². The van der Waals surface area contributed by atoms with Gasteiger partial charge in [0.15, 0.2) is 6.61 Å². The summed E-state index contributed by atoms with van der Waals surface area (Å²) in [5.41, 5.74) is 1.25. The molecule has 0 atom stereocenters. The molecule has 0 radical (unpaired) electrons. The molecule has 8 nitrogen and oxygen atoms in total. The van der Waals surface area contributed by atoms with Gasteiger partial charge in [-0.25, -0.2) is 4.98 Å². The van der Waals surface area contributed by atoms with Crippen LogP contribution in [-0.2, 0) is 22.6 Å². The molecule has 0 saturated heterocycles. The van der Waals surface area contributed by atoms with E-state index in [2.05, 4.69) is 15.1 Å². The summed E-state index contributed by atoms with van der Waals surface area (Å²) in [5, 5.41) is 5.89. The number of benzene rings is 1. The lowest BCUT2D eigenvalue weighted by molar-refractivity contribution is -0.145. The van der Waals surface area contributed by atoms with Gasteiger partial charge < -0.3 is 18.4 Å². The number of hydrogen-bond acceptors (Lipinski definition) is 9. The van der Waals surface area contributed by atoms with E-state index in [1.54, 1.807) is 6.92 Å². The van der Waals surface area contributed by atoms with E-state index in [4.69, 9.17) is 18.4 Å². The molecule has 0 aliphatic carbocycles. The van der Waals surface area contributed by atoms with Crippen LogP contribution < -0.4 is 4.74 Å². The first-order valence-electron chi connectivity index (χ1n) is 9.34. The molecule has 0 spiro atoms. The molecule has 0 aliphatic heterocycles. The van der Waals surface area contributed by atoms with Gasteiger partial charge in [-0.1, -0.05) is 23.4 Å². The summed E-state index contributed by atoms with van der Waals surface area (Å²) in [5.74, 6) is 1.85. The van der Waals surface area contributed by atoms with Crippen molar-refractivity contribution >= 4 is 17.3 Å². The van der Waals surface area contributed by atoms with Crippen molar-refractivity contribution in [3.8, 4) is 27.9 Å². The normalized spacial score (nSPS) is 10.9. The molecule has 1 aromatic carbocycles. The van der Waals surface area contributed by atoms with Crippen molar-refractivity contribution in [3.63, 3.8) is 0 Å². The average molecular weight is 425 g/mol. The van der Waals surface area contributed by atoms with Crippen molar-refractivity contribution in [1.29, 1.82) is 0 Å². The van der Waals surface area contributed by atoms with Crippen LogP contribution in [0.25, 0.3) is 22.2 Å². The third kappa shape index (κ3) is 4.41. The van der Waals surface area contributed by atoms with Crippen LogP contribution in [-0.4, -0.2) is 27.7 Å². The zero-order valence-corrected chi connectivity index (χ0v) is 17.3. The van der Waals surface area contributed by atoms with Gasteiger partial charge in [0.25, 0.3) is 5.89 Å². The smallest absolute Gasteiger partial charge is 0.312 e.